The lowest BCUT2D eigenvalue weighted by Crippen LogP contribution is -2.42. The molecular weight excluding hydrogens is 1060 g/mol. The van der Waals surface area contributed by atoms with Crippen molar-refractivity contribution >= 4 is 57.2 Å². The molecule has 3 atom stereocenters. The number of hydrogen-bond acceptors (Lipinski definition) is 21. The second-order valence-electron chi connectivity index (χ2n) is 16.1. The predicted octanol–water partition coefficient (Wildman–Crippen LogP) is 4.39. The molecule has 4 N–H and O–H groups in total. The minimum Gasteiger partial charge on any atom is -0.420 e. The molecule has 4 aromatic rings. The van der Waals surface area contributed by atoms with Crippen LogP contribution in [0.4, 0.5) is 23.8 Å². The molecule has 31 heteroatoms. The number of anilines is 1. The Morgan fingerprint density at radius 2 is 1.45 bits per heavy atom. The van der Waals surface area contributed by atoms with Crippen molar-refractivity contribution in [2.75, 3.05) is 130 Å². The van der Waals surface area contributed by atoms with Gasteiger partial charge in [-0.15, -0.1) is 5.10 Å². The van der Waals surface area contributed by atoms with Crippen molar-refractivity contribution in [3.05, 3.63) is 53.0 Å². The Morgan fingerprint density at radius 3 is 2.09 bits per heavy atom. The first kappa shape index (κ1) is 61.9. The Kier molecular flexibility index (Phi) is 29.3. The summed E-state index contributed by atoms with van der Waals surface area (Å²) in [5.74, 6) is -5.54. The first-order valence-corrected chi connectivity index (χ1v) is 27.3. The zero-order valence-corrected chi connectivity index (χ0v) is 44.0. The number of carbonyl (C=O) groups excluding carboxylic acids is 2. The summed E-state index contributed by atoms with van der Waals surface area (Å²) in [4.78, 5) is 63.7. The molecule has 420 valence electrons. The highest BCUT2D eigenvalue weighted by atomic mass is 35.5. The zero-order chi connectivity index (χ0) is 53.6. The molecule has 0 radical (unpaired) electrons. The molecule has 3 aromatic heterocycles. The normalized spacial score (nSPS) is 15.1. The van der Waals surface area contributed by atoms with E-state index in [-0.39, 0.29) is 75.9 Å². The molecule has 1 fully saturated rings. The van der Waals surface area contributed by atoms with Gasteiger partial charge in [-0.1, -0.05) is 18.6 Å². The average Bonchev–Trinajstić information content (AvgIpc) is 4.15. The Morgan fingerprint density at radius 1 is 0.840 bits per heavy atom. The van der Waals surface area contributed by atoms with E-state index >= 15 is 0 Å². The van der Waals surface area contributed by atoms with E-state index in [4.69, 9.17) is 68.5 Å². The smallest absolute Gasteiger partial charge is 0.323 e. The Bertz CT molecular complexity index is 2260. The summed E-state index contributed by atoms with van der Waals surface area (Å²) >= 11 is 6.39. The maximum absolute atomic E-state index is 13.6. The number of nitrogens with one attached hydrogen (secondary N) is 1. The summed E-state index contributed by atoms with van der Waals surface area (Å²) in [5.41, 5.74) is 1.06. The Balaban J connectivity index is 0.810. The fourth-order valence-corrected chi connectivity index (χ4v) is 8.46. The molecule has 1 aliphatic heterocycles. The van der Waals surface area contributed by atoms with Crippen LogP contribution in [0.25, 0.3) is 11.0 Å². The molecule has 2 amide bonds. The third-order valence-electron chi connectivity index (χ3n) is 10.3. The molecule has 75 heavy (non-hydrogen) atoms. The number of aromatic nitrogens is 7. The van der Waals surface area contributed by atoms with Crippen molar-refractivity contribution in [1.82, 2.24) is 40.1 Å². The number of fused-ring (bicyclic) bond motifs is 1. The molecule has 0 aliphatic carbocycles. The van der Waals surface area contributed by atoms with Gasteiger partial charge in [-0.2, -0.15) is 15.1 Å². The monoisotopic (exact) mass is 1130 g/mol. The summed E-state index contributed by atoms with van der Waals surface area (Å²) in [6.07, 6.45) is 4.93. The molecule has 0 saturated carbocycles. The fraction of sp³-hybridized carbons (Fsp3) is 0.659. The predicted molar refractivity (Wildman–Crippen MR) is 262 cm³/mol. The molecule has 25 nitrogen and oxygen atoms in total. The molecule has 3 unspecified atom stereocenters. The Labute approximate surface area is 438 Å². The number of carbonyl (C=O) groups is 2. The number of urea groups is 1. The van der Waals surface area contributed by atoms with Crippen molar-refractivity contribution in [2.24, 2.45) is 0 Å². The highest BCUT2D eigenvalue weighted by molar-refractivity contribution is 7.63. The minimum atomic E-state index is -2.26. The first-order valence-electron chi connectivity index (χ1n) is 24.1. The van der Waals surface area contributed by atoms with E-state index in [1.165, 1.54) is 4.90 Å². The molecule has 1 saturated heterocycles. The molecule has 1 aromatic carbocycles. The summed E-state index contributed by atoms with van der Waals surface area (Å²) in [6.45, 7) is 7.94. The lowest BCUT2D eigenvalue weighted by molar-refractivity contribution is -0.136. The number of ether oxygens (including phenoxy) is 10. The van der Waals surface area contributed by atoms with Crippen LogP contribution in [0.1, 0.15) is 50.9 Å². The van der Waals surface area contributed by atoms with E-state index in [1.54, 1.807) is 21.8 Å². The second kappa shape index (κ2) is 35.5. The van der Waals surface area contributed by atoms with Gasteiger partial charge in [0.2, 0.25) is 11.0 Å². The van der Waals surface area contributed by atoms with Crippen molar-refractivity contribution in [3.8, 4) is 5.75 Å². The third-order valence-corrected chi connectivity index (χ3v) is 12.9. The van der Waals surface area contributed by atoms with Gasteiger partial charge in [0.15, 0.2) is 46.1 Å². The van der Waals surface area contributed by atoms with Gasteiger partial charge in [0.1, 0.15) is 11.5 Å². The van der Waals surface area contributed by atoms with E-state index in [0.29, 0.717) is 140 Å². The van der Waals surface area contributed by atoms with E-state index in [2.05, 4.69) is 35.4 Å². The second-order valence-corrected chi connectivity index (χ2v) is 19.2. The molecule has 5 rings (SSSR count). The number of amides is 2. The number of unbranched alkanes of at least 4 members (excludes halogenated alkanes) is 1. The molecule has 0 spiro atoms. The van der Waals surface area contributed by atoms with Crippen LogP contribution < -0.4 is 15.0 Å². The van der Waals surface area contributed by atoms with Crippen LogP contribution in [0.5, 0.6) is 5.75 Å². The number of halogens is 4. The SMILES string of the molecule is CCCCN(C(=O)NCCOCCOCCOCCOCc1cn(CCOCCOCCOCCOCCC(=O)Oc2c(F)cc(F)cc2F)nn1)c1nc(Cl)nc2c1cnn2C1CCC(COP(O)CP(O)O)O1. The number of esters is 1. The van der Waals surface area contributed by atoms with Gasteiger partial charge in [-0.3, -0.25) is 9.69 Å². The summed E-state index contributed by atoms with van der Waals surface area (Å²) in [7, 11) is -4.23. The summed E-state index contributed by atoms with van der Waals surface area (Å²) in [6, 6.07) is 0.450. The third kappa shape index (κ3) is 23.3. The van der Waals surface area contributed by atoms with Gasteiger partial charge in [0, 0.05) is 25.2 Å². The number of nitrogens with zero attached hydrogens (tertiary/aromatic N) is 8. The maximum Gasteiger partial charge on any atom is 0.323 e. The van der Waals surface area contributed by atoms with Crippen LogP contribution in [0, 0.1) is 17.5 Å². The van der Waals surface area contributed by atoms with Crippen LogP contribution in [-0.2, 0) is 65.1 Å². The first-order chi connectivity index (χ1) is 36.4. The van der Waals surface area contributed by atoms with Crippen LogP contribution in [0.15, 0.2) is 24.5 Å². The molecule has 4 heterocycles. The summed E-state index contributed by atoms with van der Waals surface area (Å²) < 4.78 is 104. The molecule has 1 aliphatic rings. The van der Waals surface area contributed by atoms with Gasteiger partial charge < -0.3 is 71.9 Å². The largest absolute Gasteiger partial charge is 0.420 e. The van der Waals surface area contributed by atoms with Gasteiger partial charge in [-0.05, 0) is 30.9 Å². The maximum atomic E-state index is 13.6. The Hall–Kier alpha value is -3.93. The van der Waals surface area contributed by atoms with Crippen molar-refractivity contribution < 1.29 is 89.3 Å². The van der Waals surface area contributed by atoms with Crippen LogP contribution >= 0.6 is 28.4 Å². The van der Waals surface area contributed by atoms with Gasteiger partial charge in [0.25, 0.3) is 0 Å². The zero-order valence-electron chi connectivity index (χ0n) is 41.5. The van der Waals surface area contributed by atoms with E-state index in [9.17, 15) is 27.7 Å². The van der Waals surface area contributed by atoms with Crippen LogP contribution in [0.3, 0.4) is 0 Å². The van der Waals surface area contributed by atoms with E-state index in [0.717, 1.165) is 6.42 Å². The quantitative estimate of drug-likeness (QED) is 0.0158. The fourth-order valence-electron chi connectivity index (χ4n) is 6.77. The van der Waals surface area contributed by atoms with Crippen LogP contribution in [-0.4, -0.2) is 192 Å². The van der Waals surface area contributed by atoms with E-state index in [1.807, 2.05) is 6.92 Å². The molecule has 0 bridgehead atoms. The van der Waals surface area contributed by atoms with Gasteiger partial charge in [-0.25, -0.2) is 27.3 Å². The average molecular weight is 1130 g/mol. The lowest BCUT2D eigenvalue weighted by Gasteiger charge is -2.23. The van der Waals surface area contributed by atoms with Gasteiger partial charge in [0.05, 0.1) is 155 Å². The summed E-state index contributed by atoms with van der Waals surface area (Å²) in [5, 5.41) is 16.0. The highest BCUT2D eigenvalue weighted by Gasteiger charge is 2.31. The van der Waals surface area contributed by atoms with Crippen molar-refractivity contribution in [1.29, 1.82) is 0 Å². The number of hydrogen-bond donors (Lipinski definition) is 4. The van der Waals surface area contributed by atoms with Crippen LogP contribution in [0.2, 0.25) is 5.28 Å². The van der Waals surface area contributed by atoms with Crippen molar-refractivity contribution in [2.45, 2.75) is 64.5 Å². The van der Waals surface area contributed by atoms with Gasteiger partial charge >= 0.3 is 12.0 Å². The number of rotatable bonds is 40. The topological polar surface area (TPSA) is 286 Å². The molecular formula is C44H65ClF3N9O16P2. The minimum absolute atomic E-state index is 0.0577. The highest BCUT2D eigenvalue weighted by Crippen LogP contribution is 2.44. The lowest BCUT2D eigenvalue weighted by atomic mass is 10.2. The standard InChI is InChI=1S/C44H65ClF3N9O16P2/c1-2-3-8-56(41-35-27-50-57(42(35)52-43(45)51-41)38-5-4-34(72-38)30-71-75(62)31-74(60)61)44(59)49-7-11-64-14-17-67-21-22-69-23-24-70-29-33-28-55(54-53-33)9-12-65-15-18-68-20-19-66-16-13-63-10-6-39(58)73-40-36(47)25-32(46)26-37(40)48/h25-28,34,38,60-62H,2-24,29-31H2,1H3,(H,49,59). The number of benzene rings is 1. The van der Waals surface area contributed by atoms with E-state index < -0.39 is 52.1 Å². The van der Waals surface area contributed by atoms with Crippen molar-refractivity contribution in [3.63, 3.8) is 0 Å².